The molecule has 180 valence electrons. The summed E-state index contributed by atoms with van der Waals surface area (Å²) in [5.74, 6) is 1.14. The van der Waals surface area contributed by atoms with E-state index in [9.17, 15) is 0 Å². The third-order valence-electron chi connectivity index (χ3n) is 6.06. The number of fused-ring (bicyclic) bond motifs is 1. The molecule has 2 aromatic carbocycles. The molecular weight excluding hydrogens is 462 g/mol. The summed E-state index contributed by atoms with van der Waals surface area (Å²) in [6, 6.07) is 12.9. The van der Waals surface area contributed by atoms with Crippen LogP contribution in [0, 0.1) is 0 Å². The minimum Gasteiger partial charge on any atom is -0.338 e. The number of nitrogens with zero attached hydrogens (tertiary/aromatic N) is 3. The highest BCUT2D eigenvalue weighted by Crippen LogP contribution is 2.34. The van der Waals surface area contributed by atoms with Gasteiger partial charge in [0.15, 0.2) is 5.82 Å². The van der Waals surface area contributed by atoms with Crippen molar-refractivity contribution in [2.24, 2.45) is 0 Å². The molecule has 0 amide bonds. The summed E-state index contributed by atoms with van der Waals surface area (Å²) >= 11 is 8.29. The Kier molecular flexibility index (Phi) is 8.35. The Hall–Kier alpha value is -2.28. The number of benzene rings is 2. The van der Waals surface area contributed by atoms with Crippen LogP contribution in [0.15, 0.2) is 47.5 Å². The Morgan fingerprint density at radius 2 is 1.91 bits per heavy atom. The predicted molar refractivity (Wildman–Crippen MR) is 146 cm³/mol. The van der Waals surface area contributed by atoms with Gasteiger partial charge in [-0.25, -0.2) is 4.98 Å². The first-order chi connectivity index (χ1) is 16.5. The second-order valence-corrected chi connectivity index (χ2v) is 10.9. The van der Waals surface area contributed by atoms with Crippen molar-refractivity contribution in [2.75, 3.05) is 23.7 Å². The molecule has 0 saturated carbocycles. The summed E-state index contributed by atoms with van der Waals surface area (Å²) in [4.78, 5) is 12.9. The molecule has 1 aliphatic heterocycles. The molecule has 0 spiro atoms. The number of para-hydroxylation sites is 1. The van der Waals surface area contributed by atoms with Crippen molar-refractivity contribution >= 4 is 46.5 Å². The van der Waals surface area contributed by atoms with Crippen LogP contribution in [0.4, 0.5) is 23.1 Å². The molecule has 0 unspecified atom stereocenters. The van der Waals surface area contributed by atoms with Crippen molar-refractivity contribution in [2.45, 2.75) is 63.6 Å². The minimum absolute atomic E-state index is 0.477. The zero-order valence-electron chi connectivity index (χ0n) is 20.5. The van der Waals surface area contributed by atoms with Gasteiger partial charge in [-0.1, -0.05) is 57.5 Å². The van der Waals surface area contributed by atoms with Gasteiger partial charge in [-0.2, -0.15) is 4.98 Å². The van der Waals surface area contributed by atoms with E-state index in [2.05, 4.69) is 78.5 Å². The average molecular weight is 496 g/mol. The zero-order valence-corrected chi connectivity index (χ0v) is 22.1. The summed E-state index contributed by atoms with van der Waals surface area (Å²) < 4.78 is 0. The molecule has 0 fully saturated rings. The largest absolute Gasteiger partial charge is 0.338 e. The van der Waals surface area contributed by atoms with Crippen molar-refractivity contribution in [3.05, 3.63) is 64.3 Å². The van der Waals surface area contributed by atoms with E-state index in [4.69, 9.17) is 16.6 Å². The number of hydrogen-bond acceptors (Lipinski definition) is 6. The van der Waals surface area contributed by atoms with Crippen molar-refractivity contribution in [1.82, 2.24) is 14.9 Å². The van der Waals surface area contributed by atoms with Crippen molar-refractivity contribution in [1.29, 1.82) is 0 Å². The lowest BCUT2D eigenvalue weighted by molar-refractivity contribution is 0.284. The molecule has 0 bridgehead atoms. The lowest BCUT2D eigenvalue weighted by Crippen LogP contribution is -2.22. The van der Waals surface area contributed by atoms with Gasteiger partial charge in [-0.3, -0.25) is 4.90 Å². The topological polar surface area (TPSA) is 53.1 Å². The summed E-state index contributed by atoms with van der Waals surface area (Å²) in [6.07, 6.45) is 4.96. The normalized spacial score (nSPS) is 14.1. The van der Waals surface area contributed by atoms with Crippen LogP contribution >= 0.6 is 23.4 Å². The van der Waals surface area contributed by atoms with Crippen LogP contribution in [0.1, 0.15) is 50.8 Å². The highest BCUT2D eigenvalue weighted by Gasteiger charge is 2.17. The van der Waals surface area contributed by atoms with Crippen LogP contribution in [0.2, 0.25) is 5.02 Å². The fourth-order valence-electron chi connectivity index (χ4n) is 4.30. The van der Waals surface area contributed by atoms with Crippen LogP contribution < -0.4 is 10.6 Å². The second-order valence-electron chi connectivity index (χ2n) is 8.91. The minimum atomic E-state index is 0.477. The van der Waals surface area contributed by atoms with E-state index < -0.39 is 0 Å². The molecule has 0 radical (unpaired) electrons. The molecule has 7 heteroatoms. The Balaban J connectivity index is 1.61. The van der Waals surface area contributed by atoms with E-state index in [0.29, 0.717) is 22.0 Å². The van der Waals surface area contributed by atoms with E-state index in [1.165, 1.54) is 28.0 Å². The van der Waals surface area contributed by atoms with Crippen LogP contribution in [0.5, 0.6) is 0 Å². The summed E-state index contributed by atoms with van der Waals surface area (Å²) in [5, 5.41) is 7.87. The average Bonchev–Trinajstić information content (AvgIpc) is 3.03. The summed E-state index contributed by atoms with van der Waals surface area (Å²) in [5.41, 5.74) is 6.22. The van der Waals surface area contributed by atoms with Gasteiger partial charge in [0.05, 0.1) is 11.9 Å². The first-order valence-electron chi connectivity index (χ1n) is 12.2. The third kappa shape index (κ3) is 6.04. The molecular formula is C27H34ClN5S. The predicted octanol–water partition coefficient (Wildman–Crippen LogP) is 7.45. The van der Waals surface area contributed by atoms with E-state index in [0.717, 1.165) is 43.9 Å². The SMILES string of the molecule is CCc1cc2c(cc1Nc1ncc(Cl)c(Nc3ccccc3SC(C)C)n1)CN(CC)CCC2. The van der Waals surface area contributed by atoms with Gasteiger partial charge < -0.3 is 10.6 Å². The molecule has 2 heterocycles. The maximum atomic E-state index is 6.48. The number of hydrogen-bond donors (Lipinski definition) is 2. The summed E-state index contributed by atoms with van der Waals surface area (Å²) in [6.45, 7) is 12.0. The second kappa shape index (κ2) is 11.4. The van der Waals surface area contributed by atoms with Gasteiger partial charge in [-0.15, -0.1) is 11.8 Å². The van der Waals surface area contributed by atoms with Gasteiger partial charge in [0.2, 0.25) is 5.95 Å². The van der Waals surface area contributed by atoms with Gasteiger partial charge in [-0.05, 0) is 67.2 Å². The third-order valence-corrected chi connectivity index (χ3v) is 7.42. The van der Waals surface area contributed by atoms with Gasteiger partial charge in [0.1, 0.15) is 5.02 Å². The molecule has 4 rings (SSSR count). The molecule has 3 aromatic rings. The number of rotatable bonds is 8. The monoisotopic (exact) mass is 495 g/mol. The molecule has 1 aromatic heterocycles. The van der Waals surface area contributed by atoms with E-state index in [1.807, 2.05) is 17.8 Å². The molecule has 1 aliphatic rings. The Labute approximate surface area is 212 Å². The molecule has 2 N–H and O–H groups in total. The standard InChI is InChI=1S/C27H34ClN5S/c1-5-19-14-20-10-9-13-33(6-2)17-21(20)15-24(19)31-27-29-16-22(28)26(32-27)30-23-11-7-8-12-25(23)34-18(3)4/h7-8,11-12,14-16,18H,5-6,9-10,13,17H2,1-4H3,(H2,29,30,31,32). The Morgan fingerprint density at radius 1 is 1.09 bits per heavy atom. The Morgan fingerprint density at radius 3 is 2.68 bits per heavy atom. The molecule has 5 nitrogen and oxygen atoms in total. The smallest absolute Gasteiger partial charge is 0.229 e. The van der Waals surface area contributed by atoms with E-state index >= 15 is 0 Å². The lowest BCUT2D eigenvalue weighted by atomic mass is 9.98. The van der Waals surface area contributed by atoms with Gasteiger partial charge in [0.25, 0.3) is 0 Å². The molecule has 34 heavy (non-hydrogen) atoms. The number of anilines is 4. The highest BCUT2D eigenvalue weighted by molar-refractivity contribution is 8.00. The Bertz CT molecular complexity index is 1130. The number of nitrogens with one attached hydrogen (secondary N) is 2. The number of thioether (sulfide) groups is 1. The lowest BCUT2D eigenvalue weighted by Gasteiger charge is -2.20. The van der Waals surface area contributed by atoms with E-state index in [-0.39, 0.29) is 0 Å². The zero-order chi connectivity index (χ0) is 24.1. The molecule has 0 atom stereocenters. The fraction of sp³-hybridized carbons (Fsp3) is 0.407. The molecule has 0 aliphatic carbocycles. The number of aryl methyl sites for hydroxylation is 2. The first kappa shape index (κ1) is 24.8. The van der Waals surface area contributed by atoms with Crippen LogP contribution in [0.25, 0.3) is 0 Å². The maximum Gasteiger partial charge on any atom is 0.229 e. The number of halogens is 1. The van der Waals surface area contributed by atoms with Crippen LogP contribution in [-0.4, -0.2) is 33.2 Å². The fourth-order valence-corrected chi connectivity index (χ4v) is 5.35. The van der Waals surface area contributed by atoms with Crippen molar-refractivity contribution in [3.8, 4) is 0 Å². The highest BCUT2D eigenvalue weighted by atomic mass is 35.5. The van der Waals surface area contributed by atoms with Gasteiger partial charge in [0, 0.05) is 22.4 Å². The first-order valence-corrected chi connectivity index (χ1v) is 13.4. The van der Waals surface area contributed by atoms with E-state index in [1.54, 1.807) is 6.20 Å². The molecule has 0 saturated heterocycles. The summed E-state index contributed by atoms with van der Waals surface area (Å²) in [7, 11) is 0. The maximum absolute atomic E-state index is 6.48. The van der Waals surface area contributed by atoms with Crippen LogP contribution in [-0.2, 0) is 19.4 Å². The van der Waals surface area contributed by atoms with Crippen molar-refractivity contribution < 1.29 is 0 Å². The van der Waals surface area contributed by atoms with Crippen LogP contribution in [0.3, 0.4) is 0 Å². The van der Waals surface area contributed by atoms with Crippen molar-refractivity contribution in [3.63, 3.8) is 0 Å². The quantitative estimate of drug-likeness (QED) is 0.316. The number of aromatic nitrogens is 2. The van der Waals surface area contributed by atoms with Gasteiger partial charge >= 0.3 is 0 Å².